The fourth-order valence-corrected chi connectivity index (χ4v) is 3.12. The fraction of sp³-hybridized carbons (Fsp3) is 0.273. The van der Waals surface area contributed by atoms with Crippen LogP contribution in [-0.2, 0) is 9.53 Å². The number of hydrogen-bond acceptors (Lipinski definition) is 5. The quantitative estimate of drug-likeness (QED) is 0.651. The number of nitrogens with one attached hydrogen (secondary N) is 1. The van der Waals surface area contributed by atoms with E-state index in [0.717, 1.165) is 0 Å². The molecular formula is C22H23N3O4. The summed E-state index contributed by atoms with van der Waals surface area (Å²) in [5, 5.41) is 3.21. The monoisotopic (exact) mass is 393 g/mol. The van der Waals surface area contributed by atoms with Crippen molar-refractivity contribution in [3.63, 3.8) is 0 Å². The van der Waals surface area contributed by atoms with Crippen LogP contribution in [0.15, 0.2) is 59.7 Å². The minimum atomic E-state index is -0.735. The summed E-state index contributed by atoms with van der Waals surface area (Å²) in [5.41, 5.74) is 1.23. The number of aromatic nitrogens is 2. The summed E-state index contributed by atoms with van der Waals surface area (Å²) in [7, 11) is 1.29. The smallest absolute Gasteiger partial charge is 0.328 e. The number of nitrogens with zero attached hydrogens (tertiary/aromatic N) is 2. The van der Waals surface area contributed by atoms with Crippen molar-refractivity contribution >= 4 is 22.8 Å². The van der Waals surface area contributed by atoms with Crippen LogP contribution in [0.25, 0.3) is 16.6 Å². The van der Waals surface area contributed by atoms with Crippen molar-refractivity contribution in [2.24, 2.45) is 5.92 Å². The molecule has 0 aliphatic rings. The van der Waals surface area contributed by atoms with Crippen molar-refractivity contribution in [1.82, 2.24) is 14.9 Å². The van der Waals surface area contributed by atoms with E-state index in [9.17, 15) is 14.4 Å². The lowest BCUT2D eigenvalue weighted by molar-refractivity contribution is -0.143. The van der Waals surface area contributed by atoms with Crippen LogP contribution in [0.3, 0.4) is 0 Å². The first-order valence-electron chi connectivity index (χ1n) is 9.36. The normalized spacial score (nSPS) is 12.0. The molecule has 1 heterocycles. The number of benzene rings is 2. The number of hydrogen-bond donors (Lipinski definition) is 1. The predicted molar refractivity (Wildman–Crippen MR) is 110 cm³/mol. The number of carbonyl (C=O) groups is 2. The standard InChI is InChI=1S/C22H23N3O4/c1-14(2)11-19(22(28)29-3)24-20(26)15-7-6-8-16(12-15)25-13-23-18-10-5-4-9-17(18)21(25)27/h4-10,12-14,19H,11H2,1-3H3,(H,24,26)/t19-/m1/s1. The highest BCUT2D eigenvalue weighted by molar-refractivity contribution is 5.97. The molecule has 7 heteroatoms. The number of amides is 1. The van der Waals surface area contributed by atoms with Crippen LogP contribution in [0.2, 0.25) is 0 Å². The second-order valence-corrected chi connectivity index (χ2v) is 7.17. The molecule has 0 spiro atoms. The van der Waals surface area contributed by atoms with Gasteiger partial charge in [0.15, 0.2) is 0 Å². The van der Waals surface area contributed by atoms with E-state index in [4.69, 9.17) is 4.74 Å². The highest BCUT2D eigenvalue weighted by atomic mass is 16.5. The van der Waals surface area contributed by atoms with Gasteiger partial charge in [0, 0.05) is 5.56 Å². The molecule has 0 radical (unpaired) electrons. The van der Waals surface area contributed by atoms with Gasteiger partial charge in [-0.15, -0.1) is 0 Å². The van der Waals surface area contributed by atoms with Crippen molar-refractivity contribution < 1.29 is 14.3 Å². The van der Waals surface area contributed by atoms with E-state index in [0.29, 0.717) is 28.6 Å². The molecule has 0 saturated heterocycles. The van der Waals surface area contributed by atoms with Crippen LogP contribution in [0.4, 0.5) is 0 Å². The Morgan fingerprint density at radius 3 is 2.62 bits per heavy atom. The number of fused-ring (bicyclic) bond motifs is 1. The topological polar surface area (TPSA) is 90.3 Å². The molecule has 0 bridgehead atoms. The predicted octanol–water partition coefficient (Wildman–Crippen LogP) is 2.70. The highest BCUT2D eigenvalue weighted by Crippen LogP contribution is 2.13. The Kier molecular flexibility index (Phi) is 6.07. The Morgan fingerprint density at radius 2 is 1.90 bits per heavy atom. The van der Waals surface area contributed by atoms with Gasteiger partial charge < -0.3 is 10.1 Å². The summed E-state index contributed by atoms with van der Waals surface area (Å²) >= 11 is 0. The second-order valence-electron chi connectivity index (χ2n) is 7.17. The number of carbonyl (C=O) groups excluding carboxylic acids is 2. The molecule has 0 unspecified atom stereocenters. The maximum absolute atomic E-state index is 12.8. The lowest BCUT2D eigenvalue weighted by atomic mass is 10.0. The van der Waals surface area contributed by atoms with E-state index >= 15 is 0 Å². The summed E-state index contributed by atoms with van der Waals surface area (Å²) in [6.07, 6.45) is 1.91. The lowest BCUT2D eigenvalue weighted by Crippen LogP contribution is -2.42. The van der Waals surface area contributed by atoms with Gasteiger partial charge in [-0.2, -0.15) is 0 Å². The first kappa shape index (κ1) is 20.3. The van der Waals surface area contributed by atoms with Crippen molar-refractivity contribution in [3.8, 4) is 5.69 Å². The maximum Gasteiger partial charge on any atom is 0.328 e. The van der Waals surface area contributed by atoms with Crippen LogP contribution < -0.4 is 10.9 Å². The number of para-hydroxylation sites is 1. The SMILES string of the molecule is COC(=O)[C@@H](CC(C)C)NC(=O)c1cccc(-n2cnc3ccccc3c2=O)c1. The number of rotatable bonds is 6. The third-order valence-electron chi connectivity index (χ3n) is 4.55. The molecule has 0 fully saturated rings. The van der Waals surface area contributed by atoms with Gasteiger partial charge in [-0.25, -0.2) is 9.78 Å². The highest BCUT2D eigenvalue weighted by Gasteiger charge is 2.23. The molecular weight excluding hydrogens is 370 g/mol. The van der Waals surface area contributed by atoms with Crippen LogP contribution in [0, 0.1) is 5.92 Å². The number of esters is 1. The largest absolute Gasteiger partial charge is 0.467 e. The van der Waals surface area contributed by atoms with E-state index in [1.807, 2.05) is 19.9 Å². The Labute approximate surface area is 168 Å². The average molecular weight is 393 g/mol. The van der Waals surface area contributed by atoms with Gasteiger partial charge in [-0.05, 0) is 42.7 Å². The Morgan fingerprint density at radius 1 is 1.14 bits per heavy atom. The van der Waals surface area contributed by atoms with Crippen molar-refractivity contribution in [2.45, 2.75) is 26.3 Å². The third-order valence-corrected chi connectivity index (χ3v) is 4.55. The zero-order valence-electron chi connectivity index (χ0n) is 16.6. The van der Waals surface area contributed by atoms with Crippen LogP contribution in [0.1, 0.15) is 30.6 Å². The maximum atomic E-state index is 12.8. The molecule has 1 N–H and O–H groups in total. The molecule has 0 saturated carbocycles. The van der Waals surface area contributed by atoms with Gasteiger partial charge in [0.25, 0.3) is 11.5 Å². The molecule has 1 amide bonds. The van der Waals surface area contributed by atoms with E-state index in [2.05, 4.69) is 10.3 Å². The third kappa shape index (κ3) is 4.51. The Balaban J connectivity index is 1.91. The van der Waals surface area contributed by atoms with Gasteiger partial charge >= 0.3 is 5.97 Å². The molecule has 1 aromatic heterocycles. The lowest BCUT2D eigenvalue weighted by Gasteiger charge is -2.18. The van der Waals surface area contributed by atoms with E-state index in [-0.39, 0.29) is 11.5 Å². The molecule has 29 heavy (non-hydrogen) atoms. The van der Waals surface area contributed by atoms with Gasteiger partial charge in [-0.3, -0.25) is 14.2 Å². The Bertz CT molecular complexity index is 1100. The Hall–Kier alpha value is -3.48. The minimum absolute atomic E-state index is 0.202. The number of ether oxygens (including phenoxy) is 1. The summed E-state index contributed by atoms with van der Waals surface area (Å²) < 4.78 is 6.19. The van der Waals surface area contributed by atoms with E-state index in [1.54, 1.807) is 42.5 Å². The van der Waals surface area contributed by atoms with Crippen LogP contribution >= 0.6 is 0 Å². The van der Waals surface area contributed by atoms with Gasteiger partial charge in [0.2, 0.25) is 0 Å². The zero-order chi connectivity index (χ0) is 21.0. The summed E-state index contributed by atoms with van der Waals surface area (Å²) in [6, 6.07) is 13.0. The van der Waals surface area contributed by atoms with Crippen molar-refractivity contribution in [1.29, 1.82) is 0 Å². The van der Waals surface area contributed by atoms with Gasteiger partial charge in [-0.1, -0.05) is 32.0 Å². The molecule has 0 aliphatic carbocycles. The van der Waals surface area contributed by atoms with Crippen molar-refractivity contribution in [2.75, 3.05) is 7.11 Å². The molecule has 150 valence electrons. The van der Waals surface area contributed by atoms with Gasteiger partial charge in [0.1, 0.15) is 12.4 Å². The van der Waals surface area contributed by atoms with Crippen LogP contribution in [-0.4, -0.2) is 34.6 Å². The summed E-state index contributed by atoms with van der Waals surface area (Å²) in [4.78, 5) is 41.8. The summed E-state index contributed by atoms with van der Waals surface area (Å²) in [6.45, 7) is 3.92. The second kappa shape index (κ2) is 8.68. The zero-order valence-corrected chi connectivity index (χ0v) is 16.6. The van der Waals surface area contributed by atoms with E-state index in [1.165, 1.54) is 18.0 Å². The molecule has 0 aliphatic heterocycles. The molecule has 2 aromatic carbocycles. The van der Waals surface area contributed by atoms with Crippen molar-refractivity contribution in [3.05, 3.63) is 70.8 Å². The van der Waals surface area contributed by atoms with E-state index < -0.39 is 17.9 Å². The fourth-order valence-electron chi connectivity index (χ4n) is 3.12. The molecule has 3 aromatic rings. The molecule has 3 rings (SSSR count). The molecule has 7 nitrogen and oxygen atoms in total. The van der Waals surface area contributed by atoms with Crippen LogP contribution in [0.5, 0.6) is 0 Å². The summed E-state index contributed by atoms with van der Waals surface area (Å²) in [5.74, 6) is -0.698. The first-order chi connectivity index (χ1) is 13.9. The number of methoxy groups -OCH3 is 1. The molecule has 1 atom stereocenters. The minimum Gasteiger partial charge on any atom is -0.467 e. The first-order valence-corrected chi connectivity index (χ1v) is 9.36. The van der Waals surface area contributed by atoms with Gasteiger partial charge in [0.05, 0.1) is 23.7 Å². The average Bonchev–Trinajstić information content (AvgIpc) is 2.73.